The third-order valence-electron chi connectivity index (χ3n) is 2.08. The Morgan fingerprint density at radius 2 is 2.27 bits per heavy atom. The Morgan fingerprint density at radius 3 is 2.87 bits per heavy atom. The highest BCUT2D eigenvalue weighted by Crippen LogP contribution is 2.13. The average Bonchev–Trinajstić information content (AvgIpc) is 2.18. The maximum absolute atomic E-state index is 10.5. The average molecular weight is 206 g/mol. The third kappa shape index (κ3) is 3.46. The zero-order valence-corrected chi connectivity index (χ0v) is 8.86. The molecule has 0 radical (unpaired) electrons. The van der Waals surface area contributed by atoms with Gasteiger partial charge in [0, 0.05) is 0 Å². The van der Waals surface area contributed by atoms with E-state index in [1.54, 1.807) is 13.4 Å². The molecule has 0 aliphatic carbocycles. The fraction of sp³-hybridized carbons (Fsp3) is 0.250. The van der Waals surface area contributed by atoms with Gasteiger partial charge in [0.25, 0.3) is 0 Å². The Bertz CT molecular complexity index is 380. The number of benzene rings is 1. The number of hydrogen-bond donors (Lipinski definition) is 1. The number of rotatable bonds is 4. The molecule has 0 atom stereocenters. The van der Waals surface area contributed by atoms with Crippen LogP contribution in [0, 0.1) is 6.92 Å². The van der Waals surface area contributed by atoms with E-state index in [0.717, 1.165) is 16.7 Å². The van der Waals surface area contributed by atoms with Crippen LogP contribution in [0.1, 0.15) is 16.7 Å². The van der Waals surface area contributed by atoms with E-state index in [4.69, 9.17) is 9.84 Å². The van der Waals surface area contributed by atoms with Gasteiger partial charge in [-0.15, -0.1) is 0 Å². The molecule has 0 fully saturated rings. The van der Waals surface area contributed by atoms with Crippen molar-refractivity contribution in [3.63, 3.8) is 0 Å². The summed E-state index contributed by atoms with van der Waals surface area (Å²) in [7, 11) is 1.58. The first-order valence-electron chi connectivity index (χ1n) is 4.64. The smallest absolute Gasteiger partial charge is 0.307 e. The molecule has 0 aliphatic heterocycles. The lowest BCUT2D eigenvalue weighted by Gasteiger charge is -2.03. The number of hydrogen-bond acceptors (Lipinski definition) is 2. The summed E-state index contributed by atoms with van der Waals surface area (Å²) in [5.41, 5.74) is 2.87. The number of carboxylic acids is 1. The Kier molecular flexibility index (Phi) is 3.92. The normalized spacial score (nSPS) is 10.5. The van der Waals surface area contributed by atoms with Crippen LogP contribution in [0.25, 0.3) is 6.08 Å². The van der Waals surface area contributed by atoms with Crippen LogP contribution in [-0.2, 0) is 16.0 Å². The number of aryl methyl sites for hydroxylation is 1. The van der Waals surface area contributed by atoms with Gasteiger partial charge < -0.3 is 9.84 Å². The number of methoxy groups -OCH3 is 1. The Balaban J connectivity index is 2.94. The SMILES string of the molecule is CO/C=C/c1cc(CC(=O)O)ccc1C. The van der Waals surface area contributed by atoms with Crippen LogP contribution in [0.4, 0.5) is 0 Å². The number of carboxylic acid groups (broad SMARTS) is 1. The van der Waals surface area contributed by atoms with Crippen LogP contribution in [0.5, 0.6) is 0 Å². The molecule has 0 bridgehead atoms. The number of ether oxygens (including phenoxy) is 1. The maximum Gasteiger partial charge on any atom is 0.307 e. The van der Waals surface area contributed by atoms with E-state index in [1.165, 1.54) is 0 Å². The molecule has 15 heavy (non-hydrogen) atoms. The topological polar surface area (TPSA) is 46.5 Å². The predicted molar refractivity (Wildman–Crippen MR) is 58.6 cm³/mol. The summed E-state index contributed by atoms with van der Waals surface area (Å²) in [5, 5.41) is 8.66. The van der Waals surface area contributed by atoms with Gasteiger partial charge in [0.05, 0.1) is 19.8 Å². The van der Waals surface area contributed by atoms with Gasteiger partial charge in [-0.2, -0.15) is 0 Å². The molecule has 0 aliphatic rings. The van der Waals surface area contributed by atoms with E-state index in [-0.39, 0.29) is 6.42 Å². The quantitative estimate of drug-likeness (QED) is 0.768. The van der Waals surface area contributed by atoms with Crippen molar-refractivity contribution in [3.05, 3.63) is 41.2 Å². The second-order valence-electron chi connectivity index (χ2n) is 3.30. The summed E-state index contributed by atoms with van der Waals surface area (Å²) in [6.45, 7) is 1.97. The van der Waals surface area contributed by atoms with Crippen molar-refractivity contribution >= 4 is 12.0 Å². The molecule has 0 saturated heterocycles. The molecule has 0 spiro atoms. The van der Waals surface area contributed by atoms with Crippen LogP contribution in [0.15, 0.2) is 24.5 Å². The largest absolute Gasteiger partial charge is 0.504 e. The molecule has 0 heterocycles. The minimum atomic E-state index is -0.819. The fourth-order valence-electron chi connectivity index (χ4n) is 1.30. The van der Waals surface area contributed by atoms with Crippen LogP contribution in [-0.4, -0.2) is 18.2 Å². The molecular formula is C12H14O3. The summed E-state index contributed by atoms with van der Waals surface area (Å²) < 4.78 is 4.82. The van der Waals surface area contributed by atoms with Crippen LogP contribution < -0.4 is 0 Å². The van der Waals surface area contributed by atoms with E-state index >= 15 is 0 Å². The molecule has 0 aromatic heterocycles. The Labute approximate surface area is 89.0 Å². The minimum absolute atomic E-state index is 0.0497. The van der Waals surface area contributed by atoms with E-state index < -0.39 is 5.97 Å². The highest BCUT2D eigenvalue weighted by molar-refractivity contribution is 5.70. The first kappa shape index (κ1) is 11.3. The van der Waals surface area contributed by atoms with Crippen LogP contribution in [0.3, 0.4) is 0 Å². The second-order valence-corrected chi connectivity index (χ2v) is 3.30. The summed E-state index contributed by atoms with van der Waals surface area (Å²) in [4.78, 5) is 10.5. The first-order chi connectivity index (χ1) is 7.13. The van der Waals surface area contributed by atoms with Crippen molar-refractivity contribution in [1.29, 1.82) is 0 Å². The maximum atomic E-state index is 10.5. The van der Waals surface area contributed by atoms with E-state index in [1.807, 2.05) is 31.2 Å². The van der Waals surface area contributed by atoms with Gasteiger partial charge in [-0.05, 0) is 29.7 Å². The van der Waals surface area contributed by atoms with E-state index in [2.05, 4.69) is 0 Å². The summed E-state index contributed by atoms with van der Waals surface area (Å²) in [5.74, 6) is -0.819. The second kappa shape index (κ2) is 5.20. The molecule has 1 aromatic rings. The zero-order chi connectivity index (χ0) is 11.3. The van der Waals surface area contributed by atoms with Crippen molar-refractivity contribution in [3.8, 4) is 0 Å². The molecular weight excluding hydrogens is 192 g/mol. The molecule has 0 unspecified atom stereocenters. The Morgan fingerprint density at radius 1 is 1.53 bits per heavy atom. The van der Waals surface area contributed by atoms with Gasteiger partial charge >= 0.3 is 5.97 Å². The molecule has 1 aromatic carbocycles. The first-order valence-corrected chi connectivity index (χ1v) is 4.64. The van der Waals surface area contributed by atoms with Crippen molar-refractivity contribution < 1.29 is 14.6 Å². The molecule has 0 saturated carbocycles. The van der Waals surface area contributed by atoms with E-state index in [0.29, 0.717) is 0 Å². The molecule has 1 rings (SSSR count). The summed E-state index contributed by atoms with van der Waals surface area (Å²) >= 11 is 0. The lowest BCUT2D eigenvalue weighted by atomic mass is 10.0. The van der Waals surface area contributed by atoms with Crippen molar-refractivity contribution in [2.24, 2.45) is 0 Å². The molecule has 0 amide bonds. The van der Waals surface area contributed by atoms with Crippen LogP contribution in [0.2, 0.25) is 0 Å². The molecule has 3 heteroatoms. The molecule has 1 N–H and O–H groups in total. The minimum Gasteiger partial charge on any atom is -0.504 e. The number of aliphatic carboxylic acids is 1. The lowest BCUT2D eigenvalue weighted by molar-refractivity contribution is -0.136. The van der Waals surface area contributed by atoms with E-state index in [9.17, 15) is 4.79 Å². The standard InChI is InChI=1S/C12H14O3/c1-9-3-4-10(8-12(13)14)7-11(9)5-6-15-2/h3-7H,8H2,1-2H3,(H,13,14)/b6-5+. The van der Waals surface area contributed by atoms with Gasteiger partial charge in [-0.1, -0.05) is 18.2 Å². The highest BCUT2D eigenvalue weighted by Gasteiger charge is 2.02. The van der Waals surface area contributed by atoms with Gasteiger partial charge in [0.1, 0.15) is 0 Å². The van der Waals surface area contributed by atoms with Crippen molar-refractivity contribution in [1.82, 2.24) is 0 Å². The molecule has 80 valence electrons. The van der Waals surface area contributed by atoms with Gasteiger partial charge in [-0.3, -0.25) is 4.79 Å². The van der Waals surface area contributed by atoms with Crippen molar-refractivity contribution in [2.45, 2.75) is 13.3 Å². The van der Waals surface area contributed by atoms with Gasteiger partial charge in [0.15, 0.2) is 0 Å². The number of carbonyl (C=O) groups is 1. The van der Waals surface area contributed by atoms with Gasteiger partial charge in [-0.25, -0.2) is 0 Å². The van der Waals surface area contributed by atoms with Gasteiger partial charge in [0.2, 0.25) is 0 Å². The predicted octanol–water partition coefficient (Wildman–Crippen LogP) is 2.24. The highest BCUT2D eigenvalue weighted by atomic mass is 16.5. The monoisotopic (exact) mass is 206 g/mol. The fourth-order valence-corrected chi connectivity index (χ4v) is 1.30. The third-order valence-corrected chi connectivity index (χ3v) is 2.08. The molecule has 3 nitrogen and oxygen atoms in total. The lowest BCUT2D eigenvalue weighted by Crippen LogP contribution is -2.00. The van der Waals surface area contributed by atoms with Crippen molar-refractivity contribution in [2.75, 3.05) is 7.11 Å². The van der Waals surface area contributed by atoms with Crippen LogP contribution >= 0.6 is 0 Å². The summed E-state index contributed by atoms with van der Waals surface area (Å²) in [6.07, 6.45) is 3.45. The zero-order valence-electron chi connectivity index (χ0n) is 8.86. The summed E-state index contributed by atoms with van der Waals surface area (Å²) in [6, 6.07) is 5.60. The Hall–Kier alpha value is -1.77.